The van der Waals surface area contributed by atoms with E-state index < -0.39 is 0 Å². The van der Waals surface area contributed by atoms with Crippen molar-refractivity contribution in [2.75, 3.05) is 0 Å². The topological polar surface area (TPSA) is 70.7 Å². The lowest BCUT2D eigenvalue weighted by molar-refractivity contribution is 0.0930. The van der Waals surface area contributed by atoms with E-state index in [4.69, 9.17) is 0 Å². The number of aromatic nitrogens is 3. The van der Waals surface area contributed by atoms with Gasteiger partial charge in [0.25, 0.3) is 5.91 Å². The molecule has 0 fully saturated rings. The third kappa shape index (κ3) is 2.66. The summed E-state index contributed by atoms with van der Waals surface area (Å²) in [5, 5.41) is 13.1. The van der Waals surface area contributed by atoms with Crippen LogP contribution in [0.3, 0.4) is 0 Å². The Morgan fingerprint density at radius 1 is 1.69 bits per heavy atom. The monoisotopic (exact) mass is 236 g/mol. The van der Waals surface area contributed by atoms with Gasteiger partial charge in [-0.15, -0.1) is 0 Å². The van der Waals surface area contributed by atoms with E-state index in [9.17, 15) is 4.79 Å². The Morgan fingerprint density at radius 3 is 3.19 bits per heavy atom. The van der Waals surface area contributed by atoms with E-state index in [0.29, 0.717) is 0 Å². The van der Waals surface area contributed by atoms with Gasteiger partial charge in [0.15, 0.2) is 0 Å². The first-order chi connectivity index (χ1) is 7.75. The average Bonchev–Trinajstić information content (AvgIpc) is 2.88. The second kappa shape index (κ2) is 4.89. The number of carbonyl (C=O) groups is 1. The molecule has 84 valence electrons. The highest BCUT2D eigenvalue weighted by molar-refractivity contribution is 7.07. The first-order valence-corrected chi connectivity index (χ1v) is 5.87. The lowest BCUT2D eigenvalue weighted by Gasteiger charge is -2.11. The van der Waals surface area contributed by atoms with Crippen LogP contribution in [0.2, 0.25) is 0 Å². The fourth-order valence-electron chi connectivity index (χ4n) is 1.42. The van der Waals surface area contributed by atoms with Gasteiger partial charge in [0, 0.05) is 6.04 Å². The summed E-state index contributed by atoms with van der Waals surface area (Å²) in [5.41, 5.74) is 1.23. The molecule has 0 aliphatic carbocycles. The summed E-state index contributed by atoms with van der Waals surface area (Å²) in [4.78, 5) is 15.4. The van der Waals surface area contributed by atoms with Gasteiger partial charge >= 0.3 is 0 Å². The fraction of sp³-hybridized carbons (Fsp3) is 0.300. The van der Waals surface area contributed by atoms with E-state index in [1.54, 1.807) is 11.3 Å². The van der Waals surface area contributed by atoms with Gasteiger partial charge in [0.1, 0.15) is 6.33 Å². The minimum atomic E-state index is -0.222. The van der Waals surface area contributed by atoms with Crippen LogP contribution in [-0.4, -0.2) is 27.1 Å². The van der Waals surface area contributed by atoms with Gasteiger partial charge in [0.2, 0.25) is 5.82 Å². The summed E-state index contributed by atoms with van der Waals surface area (Å²) >= 11 is 1.66. The Hall–Kier alpha value is -1.69. The summed E-state index contributed by atoms with van der Waals surface area (Å²) in [6, 6.07) is 2.13. The molecule has 2 rings (SSSR count). The maximum Gasteiger partial charge on any atom is 0.288 e. The number of nitrogens with one attached hydrogen (secondary N) is 2. The van der Waals surface area contributed by atoms with Crippen LogP contribution in [0.1, 0.15) is 23.1 Å². The van der Waals surface area contributed by atoms with Crippen molar-refractivity contribution in [3.05, 3.63) is 34.5 Å². The van der Waals surface area contributed by atoms with Crippen LogP contribution >= 0.6 is 11.3 Å². The smallest absolute Gasteiger partial charge is 0.288 e. The van der Waals surface area contributed by atoms with Gasteiger partial charge in [-0.2, -0.15) is 16.4 Å². The van der Waals surface area contributed by atoms with E-state index >= 15 is 0 Å². The Morgan fingerprint density at radius 2 is 2.56 bits per heavy atom. The van der Waals surface area contributed by atoms with Gasteiger partial charge in [-0.1, -0.05) is 0 Å². The largest absolute Gasteiger partial charge is 0.347 e. The maximum atomic E-state index is 11.6. The number of hydrogen-bond donors (Lipinski definition) is 2. The van der Waals surface area contributed by atoms with Crippen molar-refractivity contribution in [3.8, 4) is 0 Å². The number of hydrogen-bond acceptors (Lipinski definition) is 4. The number of nitrogens with zero attached hydrogens (tertiary/aromatic N) is 2. The molecular formula is C10H12N4OS. The average molecular weight is 236 g/mol. The molecule has 2 N–H and O–H groups in total. The first kappa shape index (κ1) is 10.8. The van der Waals surface area contributed by atoms with E-state index in [0.717, 1.165) is 6.42 Å². The van der Waals surface area contributed by atoms with Crippen LogP contribution in [0.4, 0.5) is 0 Å². The maximum absolute atomic E-state index is 11.6. The van der Waals surface area contributed by atoms with Crippen molar-refractivity contribution in [2.45, 2.75) is 19.4 Å². The molecule has 1 unspecified atom stereocenters. The van der Waals surface area contributed by atoms with Crippen LogP contribution < -0.4 is 5.32 Å². The summed E-state index contributed by atoms with van der Waals surface area (Å²) < 4.78 is 0. The Labute approximate surface area is 96.9 Å². The molecule has 0 radical (unpaired) electrons. The summed E-state index contributed by atoms with van der Waals surface area (Å²) in [7, 11) is 0. The molecule has 0 aromatic carbocycles. The SMILES string of the molecule is CC(Cc1ccsc1)NC(=O)c1ncn[nH]1. The second-order valence-corrected chi connectivity index (χ2v) is 4.32. The van der Waals surface area contributed by atoms with E-state index in [-0.39, 0.29) is 17.8 Å². The molecule has 16 heavy (non-hydrogen) atoms. The van der Waals surface area contributed by atoms with Crippen molar-refractivity contribution in [1.82, 2.24) is 20.5 Å². The molecule has 0 aliphatic rings. The van der Waals surface area contributed by atoms with Crippen molar-refractivity contribution in [1.29, 1.82) is 0 Å². The third-order valence-electron chi connectivity index (χ3n) is 2.13. The number of carbonyl (C=O) groups excluding carboxylic acids is 1. The van der Waals surface area contributed by atoms with Gasteiger partial charge in [-0.25, -0.2) is 4.98 Å². The lowest BCUT2D eigenvalue weighted by Crippen LogP contribution is -2.34. The minimum Gasteiger partial charge on any atom is -0.347 e. The van der Waals surface area contributed by atoms with Gasteiger partial charge < -0.3 is 5.32 Å². The van der Waals surface area contributed by atoms with E-state index in [1.165, 1.54) is 11.9 Å². The molecule has 0 aliphatic heterocycles. The normalized spacial score (nSPS) is 12.3. The number of thiophene rings is 1. The lowest BCUT2D eigenvalue weighted by atomic mass is 10.1. The highest BCUT2D eigenvalue weighted by Crippen LogP contribution is 2.08. The van der Waals surface area contributed by atoms with E-state index in [2.05, 4.69) is 31.9 Å². The molecule has 0 saturated carbocycles. The van der Waals surface area contributed by atoms with Crippen LogP contribution in [0.5, 0.6) is 0 Å². The molecule has 5 nitrogen and oxygen atoms in total. The molecule has 0 saturated heterocycles. The standard InChI is InChI=1S/C10H12N4OS/c1-7(4-8-2-3-16-5-8)13-10(15)9-11-6-12-14-9/h2-3,5-7H,4H2,1H3,(H,13,15)(H,11,12,14). The van der Waals surface area contributed by atoms with Crippen molar-refractivity contribution in [3.63, 3.8) is 0 Å². The highest BCUT2D eigenvalue weighted by Gasteiger charge is 2.12. The fourth-order valence-corrected chi connectivity index (χ4v) is 2.10. The Kier molecular flexibility index (Phi) is 3.31. The molecule has 2 heterocycles. The minimum absolute atomic E-state index is 0.0761. The third-order valence-corrected chi connectivity index (χ3v) is 2.86. The molecule has 6 heteroatoms. The number of H-pyrrole nitrogens is 1. The first-order valence-electron chi connectivity index (χ1n) is 4.93. The van der Waals surface area contributed by atoms with Crippen molar-refractivity contribution < 1.29 is 4.79 Å². The van der Waals surface area contributed by atoms with Gasteiger partial charge in [-0.05, 0) is 35.7 Å². The predicted octanol–water partition coefficient (Wildman–Crippen LogP) is 1.23. The van der Waals surface area contributed by atoms with Crippen LogP contribution in [0.15, 0.2) is 23.2 Å². The Balaban J connectivity index is 1.88. The number of aromatic amines is 1. The molecule has 2 aromatic heterocycles. The van der Waals surface area contributed by atoms with Gasteiger partial charge in [0.05, 0.1) is 0 Å². The zero-order valence-electron chi connectivity index (χ0n) is 8.80. The molecule has 1 atom stereocenters. The van der Waals surface area contributed by atoms with Crippen LogP contribution in [0.25, 0.3) is 0 Å². The summed E-state index contributed by atoms with van der Waals surface area (Å²) in [5.74, 6) is 0.0254. The number of amides is 1. The molecule has 0 spiro atoms. The van der Waals surface area contributed by atoms with Crippen molar-refractivity contribution >= 4 is 17.2 Å². The molecule has 1 amide bonds. The quantitative estimate of drug-likeness (QED) is 0.838. The van der Waals surface area contributed by atoms with Crippen LogP contribution in [-0.2, 0) is 6.42 Å². The molecule has 2 aromatic rings. The Bertz CT molecular complexity index is 437. The number of rotatable bonds is 4. The summed E-state index contributed by atoms with van der Waals surface area (Å²) in [6.07, 6.45) is 2.14. The van der Waals surface area contributed by atoms with Gasteiger partial charge in [-0.3, -0.25) is 9.89 Å². The molecule has 0 bridgehead atoms. The van der Waals surface area contributed by atoms with Crippen LogP contribution in [0, 0.1) is 0 Å². The zero-order chi connectivity index (χ0) is 11.4. The van der Waals surface area contributed by atoms with Crippen molar-refractivity contribution in [2.24, 2.45) is 0 Å². The zero-order valence-corrected chi connectivity index (χ0v) is 9.62. The summed E-state index contributed by atoms with van der Waals surface area (Å²) in [6.45, 7) is 1.96. The predicted molar refractivity (Wildman–Crippen MR) is 61.3 cm³/mol. The second-order valence-electron chi connectivity index (χ2n) is 3.54. The van der Waals surface area contributed by atoms with E-state index in [1.807, 2.05) is 12.3 Å². The molecular weight excluding hydrogens is 224 g/mol. The highest BCUT2D eigenvalue weighted by atomic mass is 32.1.